The molecule has 0 fully saturated rings. The molecule has 0 unspecified atom stereocenters. The van der Waals surface area contributed by atoms with Gasteiger partial charge in [0, 0.05) is 10.9 Å². The van der Waals surface area contributed by atoms with E-state index in [2.05, 4.69) is 15.2 Å². The molecule has 4 aromatic rings. The second-order valence-electron chi connectivity index (χ2n) is 5.85. The second-order valence-corrected chi connectivity index (χ2v) is 5.85. The maximum Gasteiger partial charge on any atom is 0.320 e. The number of nitrogens with zero attached hydrogens (tertiary/aromatic N) is 3. The number of aromatic nitrogens is 3. The van der Waals surface area contributed by atoms with Crippen LogP contribution in [0.1, 0.15) is 0 Å². The Balaban J connectivity index is 1.95. The summed E-state index contributed by atoms with van der Waals surface area (Å²) in [5.74, 6) is 0.519. The van der Waals surface area contributed by atoms with Gasteiger partial charge in [-0.05, 0) is 34.8 Å². The van der Waals surface area contributed by atoms with Gasteiger partial charge in [0.25, 0.3) is 0 Å². The largest absolute Gasteiger partial charge is 0.447 e. The van der Waals surface area contributed by atoms with Gasteiger partial charge in [0.05, 0.1) is 23.6 Å². The Bertz CT molecular complexity index is 1050. The fraction of sp³-hybridized carbons (Fsp3) is 0.0556. The first-order chi connectivity index (χ1) is 12.1. The highest BCUT2D eigenvalue weighted by Crippen LogP contribution is 2.32. The van der Waals surface area contributed by atoms with E-state index in [0.29, 0.717) is 17.1 Å². The lowest BCUT2D eigenvalue weighted by Gasteiger charge is -2.11. The lowest BCUT2D eigenvalue weighted by molar-refractivity contribution is 0.574. The van der Waals surface area contributed by atoms with Crippen LogP contribution in [0.5, 0.6) is 0 Å². The first-order valence-corrected chi connectivity index (χ1v) is 7.86. The van der Waals surface area contributed by atoms with E-state index in [4.69, 9.17) is 10.2 Å². The number of nitrogens with two attached hydrogens (primary N) is 1. The summed E-state index contributed by atoms with van der Waals surface area (Å²) >= 11 is 0. The van der Waals surface area contributed by atoms with Gasteiger partial charge in [0.15, 0.2) is 0 Å². The first kappa shape index (κ1) is 15.3. The van der Waals surface area contributed by atoms with E-state index < -0.39 is 6.92 Å². The summed E-state index contributed by atoms with van der Waals surface area (Å²) < 4.78 is 5.47. The molecule has 0 atom stereocenters. The van der Waals surface area contributed by atoms with Crippen LogP contribution in [0.2, 0.25) is 6.82 Å². The van der Waals surface area contributed by atoms with Crippen LogP contribution in [0.15, 0.2) is 59.5 Å². The molecule has 0 radical (unpaired) electrons. The van der Waals surface area contributed by atoms with Crippen LogP contribution in [0.4, 0.5) is 5.69 Å². The van der Waals surface area contributed by atoms with E-state index >= 15 is 0 Å². The number of oxazole rings is 1. The first-order valence-electron chi connectivity index (χ1n) is 7.86. The lowest BCUT2D eigenvalue weighted by atomic mass is 9.63. The third-order valence-electron chi connectivity index (χ3n) is 4.17. The molecule has 0 amide bonds. The van der Waals surface area contributed by atoms with Crippen LogP contribution in [-0.2, 0) is 0 Å². The van der Waals surface area contributed by atoms with Gasteiger partial charge >= 0.3 is 6.92 Å². The summed E-state index contributed by atoms with van der Waals surface area (Å²) in [6, 6.07) is 11.5. The predicted octanol–water partition coefficient (Wildman–Crippen LogP) is 2.35. The zero-order chi connectivity index (χ0) is 17.4. The normalized spacial score (nSPS) is 11.0. The van der Waals surface area contributed by atoms with Gasteiger partial charge in [0.2, 0.25) is 5.89 Å². The molecule has 0 bridgehead atoms. The van der Waals surface area contributed by atoms with Crippen LogP contribution >= 0.6 is 0 Å². The molecule has 0 saturated carbocycles. The van der Waals surface area contributed by atoms with Gasteiger partial charge in [-0.15, -0.1) is 0 Å². The standard InChI is InChI=1S/C18H15BN4O2/c1-19(24)12-3-5-13(18-21-6-7-25-18)15(9-12)11-2-4-14-16(20)10-22-23-17(14)8-11/h2-10,24H,1H3,(H2,20,23). The van der Waals surface area contributed by atoms with Crippen molar-refractivity contribution in [3.8, 4) is 22.6 Å². The highest BCUT2D eigenvalue weighted by Gasteiger charge is 2.16. The molecule has 7 heteroatoms. The fourth-order valence-electron chi connectivity index (χ4n) is 2.85. The summed E-state index contributed by atoms with van der Waals surface area (Å²) in [5.41, 5.74) is 10.7. The van der Waals surface area contributed by atoms with E-state index in [1.54, 1.807) is 13.0 Å². The molecule has 0 spiro atoms. The maximum absolute atomic E-state index is 9.95. The van der Waals surface area contributed by atoms with Crippen molar-refractivity contribution >= 4 is 29.0 Å². The molecule has 4 rings (SSSR count). The van der Waals surface area contributed by atoms with E-state index in [9.17, 15) is 5.02 Å². The molecule has 0 saturated heterocycles. The van der Waals surface area contributed by atoms with Crippen molar-refractivity contribution < 1.29 is 9.44 Å². The number of hydrogen-bond donors (Lipinski definition) is 2. The molecule has 2 aromatic carbocycles. The molecule has 0 aliphatic rings. The van der Waals surface area contributed by atoms with Gasteiger partial charge in [-0.2, -0.15) is 10.2 Å². The SMILES string of the molecule is CB(O)c1ccc(-c2ncco2)c(-c2ccc3c(N)cnnc3c2)c1. The van der Waals surface area contributed by atoms with E-state index in [1.807, 2.05) is 36.4 Å². The monoisotopic (exact) mass is 330 g/mol. The summed E-state index contributed by atoms with van der Waals surface area (Å²) in [6.45, 7) is 1.16. The molecule has 0 aliphatic carbocycles. The second kappa shape index (κ2) is 6.03. The van der Waals surface area contributed by atoms with Crippen LogP contribution in [-0.4, -0.2) is 27.1 Å². The van der Waals surface area contributed by atoms with Crippen LogP contribution in [0.25, 0.3) is 33.5 Å². The van der Waals surface area contributed by atoms with Crippen LogP contribution in [0.3, 0.4) is 0 Å². The number of nitrogen functional groups attached to an aromatic ring is 1. The van der Waals surface area contributed by atoms with Crippen molar-refractivity contribution in [2.45, 2.75) is 6.82 Å². The molecule has 2 heterocycles. The smallest absolute Gasteiger partial charge is 0.320 e. The molecular weight excluding hydrogens is 315 g/mol. The van der Waals surface area contributed by atoms with Crippen LogP contribution < -0.4 is 11.2 Å². The van der Waals surface area contributed by atoms with E-state index in [-0.39, 0.29) is 0 Å². The molecule has 0 aliphatic heterocycles. The van der Waals surface area contributed by atoms with Crippen molar-refractivity contribution in [2.24, 2.45) is 0 Å². The highest BCUT2D eigenvalue weighted by atomic mass is 16.3. The topological polar surface area (TPSA) is 98.1 Å². The van der Waals surface area contributed by atoms with E-state index in [0.717, 1.165) is 27.5 Å². The molecule has 122 valence electrons. The van der Waals surface area contributed by atoms with E-state index in [1.165, 1.54) is 12.5 Å². The Morgan fingerprint density at radius 2 is 2.00 bits per heavy atom. The highest BCUT2D eigenvalue weighted by molar-refractivity contribution is 6.64. The van der Waals surface area contributed by atoms with Crippen molar-refractivity contribution in [3.05, 3.63) is 55.1 Å². The quantitative estimate of drug-likeness (QED) is 0.560. The van der Waals surface area contributed by atoms with Gasteiger partial charge in [-0.3, -0.25) is 0 Å². The molecule has 3 N–H and O–H groups in total. The minimum atomic E-state index is -0.576. The van der Waals surface area contributed by atoms with Crippen LogP contribution in [0, 0.1) is 0 Å². The minimum absolute atomic E-state index is 0.519. The fourth-order valence-corrected chi connectivity index (χ4v) is 2.85. The number of hydrogen-bond acceptors (Lipinski definition) is 6. The third kappa shape index (κ3) is 2.74. The Morgan fingerprint density at radius 1 is 1.12 bits per heavy atom. The number of rotatable bonds is 3. The average Bonchev–Trinajstić information content (AvgIpc) is 3.15. The maximum atomic E-state index is 9.95. The van der Waals surface area contributed by atoms with Gasteiger partial charge < -0.3 is 15.2 Å². The number of fused-ring (bicyclic) bond motifs is 1. The number of benzene rings is 2. The van der Waals surface area contributed by atoms with Gasteiger partial charge in [-0.1, -0.05) is 25.0 Å². The molecule has 25 heavy (non-hydrogen) atoms. The van der Waals surface area contributed by atoms with Gasteiger partial charge in [-0.25, -0.2) is 4.98 Å². The summed E-state index contributed by atoms with van der Waals surface area (Å²) in [4.78, 5) is 4.25. The van der Waals surface area contributed by atoms with Crippen molar-refractivity contribution in [3.63, 3.8) is 0 Å². The Hall–Kier alpha value is -3.19. The molecule has 2 aromatic heterocycles. The predicted molar refractivity (Wildman–Crippen MR) is 98.4 cm³/mol. The zero-order valence-corrected chi connectivity index (χ0v) is 13.5. The molecular formula is C18H15BN4O2. The summed E-state index contributed by atoms with van der Waals surface area (Å²) in [5, 5.41) is 18.9. The van der Waals surface area contributed by atoms with Crippen molar-refractivity contribution in [2.75, 3.05) is 5.73 Å². The van der Waals surface area contributed by atoms with Crippen molar-refractivity contribution in [1.82, 2.24) is 15.2 Å². The minimum Gasteiger partial charge on any atom is -0.447 e. The Morgan fingerprint density at radius 3 is 2.76 bits per heavy atom. The average molecular weight is 330 g/mol. The molecule has 6 nitrogen and oxygen atoms in total. The Kier molecular flexibility index (Phi) is 3.70. The zero-order valence-electron chi connectivity index (χ0n) is 13.5. The lowest BCUT2D eigenvalue weighted by Crippen LogP contribution is -2.26. The number of anilines is 1. The summed E-state index contributed by atoms with van der Waals surface area (Å²) in [7, 11) is 0. The Labute approximate surface area is 144 Å². The third-order valence-corrected chi connectivity index (χ3v) is 4.17. The summed E-state index contributed by atoms with van der Waals surface area (Å²) in [6.07, 6.45) is 4.68. The van der Waals surface area contributed by atoms with Crippen molar-refractivity contribution in [1.29, 1.82) is 0 Å². The van der Waals surface area contributed by atoms with Gasteiger partial charge in [0.1, 0.15) is 6.26 Å².